The van der Waals surface area contributed by atoms with Gasteiger partial charge < -0.3 is 0 Å². The number of rotatable bonds is 2. The summed E-state index contributed by atoms with van der Waals surface area (Å²) in [5, 5.41) is -1.07. The predicted octanol–water partition coefficient (Wildman–Crippen LogP) is -1.39. The van der Waals surface area contributed by atoms with E-state index in [-0.39, 0.29) is 15.6 Å². The van der Waals surface area contributed by atoms with Crippen molar-refractivity contribution in [2.75, 3.05) is 0 Å². The van der Waals surface area contributed by atoms with Crippen LogP contribution >= 0.6 is 0 Å². The normalized spacial score (nSPS) is 16.6. The molecule has 0 saturated carbocycles. The number of sulfone groups is 1. The predicted molar refractivity (Wildman–Crippen MR) is 84.3 cm³/mol. The lowest BCUT2D eigenvalue weighted by Crippen LogP contribution is -2.55. The Kier molecular flexibility index (Phi) is 3.36. The van der Waals surface area contributed by atoms with E-state index in [0.29, 0.717) is 0 Å². The van der Waals surface area contributed by atoms with Gasteiger partial charge in [-0.15, -0.1) is 0 Å². The second kappa shape index (κ2) is 5.02. The van der Waals surface area contributed by atoms with Gasteiger partial charge in [0.05, 0.1) is 10.1 Å². The van der Waals surface area contributed by atoms with Crippen molar-refractivity contribution in [3.8, 4) is 0 Å². The van der Waals surface area contributed by atoms with Gasteiger partial charge >= 0.3 is 5.69 Å². The lowest BCUT2D eigenvalue weighted by molar-refractivity contribution is 0.590. The van der Waals surface area contributed by atoms with Crippen molar-refractivity contribution in [3.05, 3.63) is 61.4 Å². The third-order valence-electron chi connectivity index (χ3n) is 3.89. The molecule has 1 aliphatic heterocycles. The molecule has 8 heteroatoms. The first kappa shape index (κ1) is 15.4. The van der Waals surface area contributed by atoms with E-state index in [2.05, 4.69) is 4.99 Å². The summed E-state index contributed by atoms with van der Waals surface area (Å²) < 4.78 is 27.5. The molecule has 0 spiro atoms. The summed E-state index contributed by atoms with van der Waals surface area (Å²) in [6.07, 6.45) is 1.30. The summed E-state index contributed by atoms with van der Waals surface area (Å²) in [6, 6.07) is 6.41. The molecule has 0 amide bonds. The minimum Gasteiger partial charge on any atom is -0.281 e. The van der Waals surface area contributed by atoms with Crippen molar-refractivity contribution < 1.29 is 8.42 Å². The molecule has 23 heavy (non-hydrogen) atoms. The highest BCUT2D eigenvalue weighted by molar-refractivity contribution is 7.92. The van der Waals surface area contributed by atoms with Crippen molar-refractivity contribution in [2.24, 2.45) is 19.1 Å². The number of nitrogens with zero attached hydrogens (tertiary/aromatic N) is 3. The molecular weight excluding hydrogens is 318 g/mol. The molecule has 3 rings (SSSR count). The maximum Gasteiger partial charge on any atom is 0.332 e. The molecule has 0 saturated heterocycles. The Hall–Kier alpha value is -2.48. The molecule has 2 aromatic rings. The summed E-state index contributed by atoms with van der Waals surface area (Å²) in [5.74, 6) is 0. The number of aryl methyl sites for hydroxylation is 1. The van der Waals surface area contributed by atoms with Gasteiger partial charge in [-0.2, -0.15) is 0 Å². The highest BCUT2D eigenvalue weighted by atomic mass is 32.2. The zero-order chi connectivity index (χ0) is 16.9. The molecule has 120 valence electrons. The molecule has 0 unspecified atom stereocenters. The highest BCUT2D eigenvalue weighted by Crippen LogP contribution is 2.19. The van der Waals surface area contributed by atoms with E-state index in [1.165, 1.54) is 36.9 Å². The summed E-state index contributed by atoms with van der Waals surface area (Å²) >= 11 is 0. The van der Waals surface area contributed by atoms with Crippen LogP contribution in [0.5, 0.6) is 0 Å². The largest absolute Gasteiger partial charge is 0.332 e. The van der Waals surface area contributed by atoms with E-state index in [1.54, 1.807) is 12.1 Å². The SMILES string of the molecule is Cc1ccc(S(=O)(=O)[C@H]2C=c3c(=O)n(C)c(=O)n(C)c3=N2)cc1. The van der Waals surface area contributed by atoms with E-state index in [0.717, 1.165) is 10.1 Å². The van der Waals surface area contributed by atoms with Crippen LogP contribution in [-0.4, -0.2) is 22.9 Å². The van der Waals surface area contributed by atoms with Crippen molar-refractivity contribution in [2.45, 2.75) is 17.2 Å². The molecule has 1 aromatic carbocycles. The van der Waals surface area contributed by atoms with Gasteiger partial charge in [0.25, 0.3) is 5.56 Å². The number of benzene rings is 1. The number of fused-ring (bicyclic) bond motifs is 1. The summed E-state index contributed by atoms with van der Waals surface area (Å²) in [5.41, 5.74) is -0.0534. The fraction of sp³-hybridized carbons (Fsp3) is 0.267. The topological polar surface area (TPSA) is 90.5 Å². The quantitative estimate of drug-likeness (QED) is 0.676. The Morgan fingerprint density at radius 1 is 1.04 bits per heavy atom. The zero-order valence-corrected chi connectivity index (χ0v) is 13.7. The molecule has 2 heterocycles. The number of hydrogen-bond donors (Lipinski definition) is 0. The van der Waals surface area contributed by atoms with Gasteiger partial charge in [-0.25, -0.2) is 18.2 Å². The average molecular weight is 333 g/mol. The molecule has 0 radical (unpaired) electrons. The lowest BCUT2D eigenvalue weighted by Gasteiger charge is -2.07. The van der Waals surface area contributed by atoms with E-state index in [4.69, 9.17) is 0 Å². The first-order chi connectivity index (χ1) is 10.7. The Bertz CT molecular complexity index is 1140. The monoisotopic (exact) mass is 333 g/mol. The lowest BCUT2D eigenvalue weighted by atomic mass is 10.2. The highest BCUT2D eigenvalue weighted by Gasteiger charge is 2.28. The van der Waals surface area contributed by atoms with Crippen LogP contribution in [0, 0.1) is 6.92 Å². The second-order valence-electron chi connectivity index (χ2n) is 5.49. The van der Waals surface area contributed by atoms with Gasteiger partial charge in [0.1, 0.15) is 5.49 Å². The summed E-state index contributed by atoms with van der Waals surface area (Å²) in [4.78, 5) is 28.3. The van der Waals surface area contributed by atoms with Crippen molar-refractivity contribution >= 4 is 15.9 Å². The third-order valence-corrected chi connectivity index (χ3v) is 5.70. The smallest absolute Gasteiger partial charge is 0.281 e. The first-order valence-corrected chi connectivity index (χ1v) is 8.44. The fourth-order valence-corrected chi connectivity index (χ4v) is 3.84. The zero-order valence-electron chi connectivity index (χ0n) is 12.8. The van der Waals surface area contributed by atoms with Crippen LogP contribution in [0.4, 0.5) is 0 Å². The standard InChI is InChI=1S/C15H15N3O4S/c1-9-4-6-10(7-5-9)23(21,22)12-8-11-13(16-12)17(2)15(20)18(3)14(11)19/h4-8,12H,1-3H3/t12-/m0/s1. The van der Waals surface area contributed by atoms with Crippen molar-refractivity contribution in [3.63, 3.8) is 0 Å². The molecule has 1 aromatic heterocycles. The van der Waals surface area contributed by atoms with E-state index < -0.39 is 26.5 Å². The van der Waals surface area contributed by atoms with E-state index >= 15 is 0 Å². The number of hydrogen-bond acceptors (Lipinski definition) is 5. The van der Waals surface area contributed by atoms with Crippen molar-refractivity contribution in [1.29, 1.82) is 0 Å². The van der Waals surface area contributed by atoms with E-state index in [9.17, 15) is 18.0 Å². The van der Waals surface area contributed by atoms with Crippen LogP contribution in [0.15, 0.2) is 43.7 Å². The van der Waals surface area contributed by atoms with Crippen LogP contribution in [0.1, 0.15) is 5.56 Å². The van der Waals surface area contributed by atoms with Crippen LogP contribution < -0.4 is 22.0 Å². The van der Waals surface area contributed by atoms with Gasteiger partial charge in [0.2, 0.25) is 9.84 Å². The van der Waals surface area contributed by atoms with E-state index in [1.807, 2.05) is 6.92 Å². The number of aromatic nitrogens is 2. The Morgan fingerprint density at radius 2 is 1.65 bits per heavy atom. The Balaban J connectivity index is 2.25. The van der Waals surface area contributed by atoms with Crippen LogP contribution in [-0.2, 0) is 23.9 Å². The van der Waals surface area contributed by atoms with Crippen LogP contribution in [0.2, 0.25) is 0 Å². The molecule has 1 atom stereocenters. The van der Waals surface area contributed by atoms with Gasteiger partial charge in [-0.3, -0.25) is 13.9 Å². The van der Waals surface area contributed by atoms with Crippen molar-refractivity contribution in [1.82, 2.24) is 9.13 Å². The second-order valence-corrected chi connectivity index (χ2v) is 7.53. The Labute approximate surface area is 131 Å². The Morgan fingerprint density at radius 3 is 2.26 bits per heavy atom. The first-order valence-electron chi connectivity index (χ1n) is 6.90. The minimum absolute atomic E-state index is 0.0961. The average Bonchev–Trinajstić information content (AvgIpc) is 2.97. The molecule has 0 bridgehead atoms. The maximum absolute atomic E-state index is 12.7. The summed E-state index contributed by atoms with van der Waals surface area (Å²) in [7, 11) is -0.963. The van der Waals surface area contributed by atoms with Gasteiger partial charge in [0, 0.05) is 14.1 Å². The van der Waals surface area contributed by atoms with Crippen LogP contribution in [0.3, 0.4) is 0 Å². The molecule has 7 nitrogen and oxygen atoms in total. The molecule has 0 aliphatic carbocycles. The maximum atomic E-state index is 12.7. The van der Waals surface area contributed by atoms with Gasteiger partial charge in [-0.05, 0) is 25.1 Å². The van der Waals surface area contributed by atoms with Crippen LogP contribution in [0.25, 0.3) is 6.08 Å². The molecule has 0 fully saturated rings. The third kappa shape index (κ3) is 2.26. The molecular formula is C15H15N3O4S. The minimum atomic E-state index is -3.77. The van der Waals surface area contributed by atoms with Gasteiger partial charge in [0.15, 0.2) is 5.37 Å². The molecule has 1 aliphatic rings. The molecule has 0 N–H and O–H groups in total. The fourth-order valence-electron chi connectivity index (χ4n) is 2.49. The summed E-state index contributed by atoms with van der Waals surface area (Å²) in [6.45, 7) is 1.86. The van der Waals surface area contributed by atoms with Gasteiger partial charge in [-0.1, -0.05) is 17.7 Å².